The lowest BCUT2D eigenvalue weighted by molar-refractivity contribution is -0.112. The molecule has 0 aliphatic heterocycles. The van der Waals surface area contributed by atoms with E-state index in [1.54, 1.807) is 55.6 Å². The maximum absolute atomic E-state index is 12.9. The maximum Gasteiger partial charge on any atom is 0.261 e. The van der Waals surface area contributed by atoms with Gasteiger partial charge in [0.1, 0.15) is 17.1 Å². The van der Waals surface area contributed by atoms with Gasteiger partial charge in [0.25, 0.3) is 5.91 Å². The SMILES string of the molecule is COc1ccc(NC(=O)C(C=Nc2ccccc2)=C(O)c2ccccc2)cc1. The van der Waals surface area contributed by atoms with Crippen LogP contribution in [0.2, 0.25) is 0 Å². The van der Waals surface area contributed by atoms with Gasteiger partial charge in [-0.25, -0.2) is 0 Å². The van der Waals surface area contributed by atoms with Crippen LogP contribution in [-0.2, 0) is 4.79 Å². The van der Waals surface area contributed by atoms with E-state index in [4.69, 9.17) is 4.74 Å². The Labute approximate surface area is 163 Å². The standard InChI is InChI=1S/C23H20N2O3/c1-28-20-14-12-19(13-15-20)25-23(27)21(16-24-18-10-6-3-7-11-18)22(26)17-8-4-2-5-9-17/h2-16,26H,1H3,(H,25,27). The Morgan fingerprint density at radius 1 is 0.929 bits per heavy atom. The predicted octanol–water partition coefficient (Wildman–Crippen LogP) is 5.01. The third-order valence-electron chi connectivity index (χ3n) is 3.99. The van der Waals surface area contributed by atoms with Crippen LogP contribution >= 0.6 is 0 Å². The monoisotopic (exact) mass is 372 g/mol. The maximum atomic E-state index is 12.9. The van der Waals surface area contributed by atoms with Gasteiger partial charge >= 0.3 is 0 Å². The van der Waals surface area contributed by atoms with Crippen molar-refractivity contribution in [2.45, 2.75) is 0 Å². The number of para-hydroxylation sites is 1. The number of nitrogens with one attached hydrogen (secondary N) is 1. The molecular weight excluding hydrogens is 352 g/mol. The molecule has 0 bridgehead atoms. The molecular formula is C23H20N2O3. The van der Waals surface area contributed by atoms with Crippen LogP contribution in [0.3, 0.4) is 0 Å². The zero-order valence-corrected chi connectivity index (χ0v) is 15.4. The van der Waals surface area contributed by atoms with Crippen molar-refractivity contribution in [1.82, 2.24) is 0 Å². The van der Waals surface area contributed by atoms with Crippen molar-refractivity contribution in [1.29, 1.82) is 0 Å². The number of rotatable bonds is 6. The molecule has 3 rings (SSSR count). The number of amides is 1. The summed E-state index contributed by atoms with van der Waals surface area (Å²) in [6, 6.07) is 25.0. The average Bonchev–Trinajstić information content (AvgIpc) is 2.75. The van der Waals surface area contributed by atoms with Crippen LogP contribution in [0.15, 0.2) is 95.5 Å². The number of hydrogen-bond donors (Lipinski definition) is 2. The Morgan fingerprint density at radius 2 is 1.54 bits per heavy atom. The fourth-order valence-corrected chi connectivity index (χ4v) is 2.50. The first kappa shape index (κ1) is 18.9. The fraction of sp³-hybridized carbons (Fsp3) is 0.0435. The molecule has 0 spiro atoms. The van der Waals surface area contributed by atoms with Crippen molar-refractivity contribution in [3.05, 3.63) is 96.1 Å². The highest BCUT2D eigenvalue weighted by atomic mass is 16.5. The molecule has 140 valence electrons. The quantitative estimate of drug-likeness (QED) is 0.363. The van der Waals surface area contributed by atoms with Crippen LogP contribution in [0, 0.1) is 0 Å². The van der Waals surface area contributed by atoms with Gasteiger partial charge in [-0.2, -0.15) is 0 Å². The molecule has 3 aromatic carbocycles. The second-order valence-electron chi connectivity index (χ2n) is 5.90. The Bertz CT molecular complexity index is 979. The topological polar surface area (TPSA) is 70.9 Å². The van der Waals surface area contributed by atoms with Crippen molar-refractivity contribution >= 4 is 29.3 Å². The van der Waals surface area contributed by atoms with E-state index in [2.05, 4.69) is 10.3 Å². The minimum atomic E-state index is -0.466. The predicted molar refractivity (Wildman–Crippen MR) is 112 cm³/mol. The van der Waals surface area contributed by atoms with Crippen molar-refractivity contribution in [2.24, 2.45) is 4.99 Å². The number of anilines is 1. The van der Waals surface area contributed by atoms with Gasteiger partial charge in [0, 0.05) is 17.5 Å². The third-order valence-corrected chi connectivity index (χ3v) is 3.99. The molecule has 5 nitrogen and oxygen atoms in total. The zero-order valence-electron chi connectivity index (χ0n) is 15.4. The van der Waals surface area contributed by atoms with Crippen molar-refractivity contribution < 1.29 is 14.6 Å². The van der Waals surface area contributed by atoms with Crippen LogP contribution in [0.5, 0.6) is 5.75 Å². The van der Waals surface area contributed by atoms with E-state index < -0.39 is 5.91 Å². The van der Waals surface area contributed by atoms with Crippen LogP contribution in [0.1, 0.15) is 5.56 Å². The molecule has 5 heteroatoms. The molecule has 2 N–H and O–H groups in total. The Morgan fingerprint density at radius 3 is 2.14 bits per heavy atom. The van der Waals surface area contributed by atoms with Crippen LogP contribution in [0.4, 0.5) is 11.4 Å². The highest BCUT2D eigenvalue weighted by Gasteiger charge is 2.15. The molecule has 0 atom stereocenters. The summed E-state index contributed by atoms with van der Waals surface area (Å²) < 4.78 is 5.12. The molecule has 3 aromatic rings. The van der Waals surface area contributed by atoms with Gasteiger partial charge in [-0.05, 0) is 36.4 Å². The number of methoxy groups -OCH3 is 1. The normalized spacial score (nSPS) is 11.8. The molecule has 0 aliphatic rings. The van der Waals surface area contributed by atoms with Gasteiger partial charge < -0.3 is 15.2 Å². The van der Waals surface area contributed by atoms with Gasteiger partial charge in [-0.15, -0.1) is 0 Å². The Balaban J connectivity index is 1.92. The van der Waals surface area contributed by atoms with E-state index in [1.807, 2.05) is 36.4 Å². The smallest absolute Gasteiger partial charge is 0.261 e. The number of benzene rings is 3. The molecule has 0 radical (unpaired) electrons. The van der Waals surface area contributed by atoms with Crippen molar-refractivity contribution in [3.63, 3.8) is 0 Å². The summed E-state index contributed by atoms with van der Waals surface area (Å²) in [4.78, 5) is 17.2. The summed E-state index contributed by atoms with van der Waals surface area (Å²) in [6.07, 6.45) is 1.37. The van der Waals surface area contributed by atoms with Crippen LogP contribution in [0.25, 0.3) is 5.76 Å². The lowest BCUT2D eigenvalue weighted by Crippen LogP contribution is -2.17. The summed E-state index contributed by atoms with van der Waals surface area (Å²) in [7, 11) is 1.58. The number of hydrogen-bond acceptors (Lipinski definition) is 4. The third kappa shape index (κ3) is 4.86. The summed E-state index contributed by atoms with van der Waals surface area (Å²) >= 11 is 0. The highest BCUT2D eigenvalue weighted by Crippen LogP contribution is 2.20. The molecule has 0 aliphatic carbocycles. The molecule has 0 saturated carbocycles. The molecule has 1 amide bonds. The summed E-state index contributed by atoms with van der Waals surface area (Å²) in [5.74, 6) is 0.0732. The second kappa shape index (κ2) is 9.19. The Kier molecular flexibility index (Phi) is 6.21. The molecule has 28 heavy (non-hydrogen) atoms. The lowest BCUT2D eigenvalue weighted by Gasteiger charge is -2.09. The van der Waals surface area contributed by atoms with Crippen LogP contribution < -0.4 is 10.1 Å². The largest absolute Gasteiger partial charge is 0.506 e. The van der Waals surface area contributed by atoms with Gasteiger partial charge in [0.05, 0.1) is 12.8 Å². The first-order valence-corrected chi connectivity index (χ1v) is 8.70. The summed E-state index contributed by atoms with van der Waals surface area (Å²) in [6.45, 7) is 0. The molecule has 0 unspecified atom stereocenters. The minimum absolute atomic E-state index is 0.0610. The first-order chi connectivity index (χ1) is 13.7. The second-order valence-corrected chi connectivity index (χ2v) is 5.90. The van der Waals surface area contributed by atoms with E-state index in [1.165, 1.54) is 6.21 Å². The number of ether oxygens (including phenoxy) is 1. The first-order valence-electron chi connectivity index (χ1n) is 8.70. The van der Waals surface area contributed by atoms with Gasteiger partial charge in [-0.1, -0.05) is 48.5 Å². The molecule has 0 saturated heterocycles. The molecule has 0 heterocycles. The number of aliphatic imine (C=N–C) groups is 1. The minimum Gasteiger partial charge on any atom is -0.506 e. The van der Waals surface area contributed by atoms with Crippen LogP contribution in [-0.4, -0.2) is 24.3 Å². The highest BCUT2D eigenvalue weighted by molar-refractivity contribution is 6.22. The van der Waals surface area contributed by atoms with E-state index in [-0.39, 0.29) is 11.3 Å². The number of aliphatic hydroxyl groups is 1. The van der Waals surface area contributed by atoms with Gasteiger partial charge in [0.2, 0.25) is 0 Å². The van der Waals surface area contributed by atoms with Gasteiger partial charge in [-0.3, -0.25) is 9.79 Å². The molecule has 0 fully saturated rings. The van der Waals surface area contributed by atoms with E-state index >= 15 is 0 Å². The van der Waals surface area contributed by atoms with E-state index in [0.717, 1.165) is 0 Å². The van der Waals surface area contributed by atoms with Crippen molar-refractivity contribution in [3.8, 4) is 5.75 Å². The summed E-state index contributed by atoms with van der Waals surface area (Å²) in [5, 5.41) is 13.5. The van der Waals surface area contributed by atoms with Gasteiger partial charge in [0.15, 0.2) is 0 Å². The summed E-state index contributed by atoms with van der Waals surface area (Å²) in [5.41, 5.74) is 1.85. The lowest BCUT2D eigenvalue weighted by atomic mass is 10.1. The Hall–Kier alpha value is -3.86. The average molecular weight is 372 g/mol. The number of nitrogens with zero attached hydrogens (tertiary/aromatic N) is 1. The van der Waals surface area contributed by atoms with E-state index in [0.29, 0.717) is 22.7 Å². The zero-order chi connectivity index (χ0) is 19.8. The number of carbonyl (C=O) groups is 1. The van der Waals surface area contributed by atoms with Crippen molar-refractivity contribution in [2.75, 3.05) is 12.4 Å². The van der Waals surface area contributed by atoms with E-state index in [9.17, 15) is 9.90 Å². The number of carbonyl (C=O) groups excluding carboxylic acids is 1. The number of aliphatic hydroxyl groups excluding tert-OH is 1. The molecule has 0 aromatic heterocycles. The fourth-order valence-electron chi connectivity index (χ4n) is 2.50.